The van der Waals surface area contributed by atoms with Gasteiger partial charge < -0.3 is 19.9 Å². The number of carboxylic acids is 1. The molecule has 1 fully saturated rings. The van der Waals surface area contributed by atoms with Gasteiger partial charge in [-0.2, -0.15) is 0 Å². The summed E-state index contributed by atoms with van der Waals surface area (Å²) in [7, 11) is 0. The maximum atomic E-state index is 11.9. The van der Waals surface area contributed by atoms with Gasteiger partial charge in [0.1, 0.15) is 5.60 Å². The van der Waals surface area contributed by atoms with Gasteiger partial charge in [0.2, 0.25) is 0 Å². The second-order valence-electron chi connectivity index (χ2n) is 5.91. The Kier molecular flexibility index (Phi) is 5.17. The van der Waals surface area contributed by atoms with Crippen molar-refractivity contribution in [2.75, 3.05) is 13.2 Å². The maximum absolute atomic E-state index is 11.9. The number of hydrogen-bond acceptors (Lipinski definition) is 4. The summed E-state index contributed by atoms with van der Waals surface area (Å²) < 4.78 is 10.5. The smallest absolute Gasteiger partial charge is 0.408 e. The Morgan fingerprint density at radius 2 is 1.89 bits per heavy atom. The molecule has 0 unspecified atom stereocenters. The van der Waals surface area contributed by atoms with E-state index in [0.717, 1.165) is 0 Å². The third-order valence-electron chi connectivity index (χ3n) is 3.03. The molecule has 19 heavy (non-hydrogen) atoms. The minimum absolute atomic E-state index is 0.0236. The number of amides is 1. The number of aliphatic carboxylic acids is 1. The van der Waals surface area contributed by atoms with Crippen molar-refractivity contribution in [1.29, 1.82) is 0 Å². The van der Waals surface area contributed by atoms with Gasteiger partial charge in [0.05, 0.1) is 0 Å². The lowest BCUT2D eigenvalue weighted by Gasteiger charge is -2.38. The Morgan fingerprint density at radius 3 is 2.37 bits per heavy atom. The highest BCUT2D eigenvalue weighted by atomic mass is 16.6. The van der Waals surface area contributed by atoms with Gasteiger partial charge in [-0.25, -0.2) is 4.79 Å². The molecule has 1 aliphatic heterocycles. The summed E-state index contributed by atoms with van der Waals surface area (Å²) in [5, 5.41) is 11.6. The lowest BCUT2D eigenvalue weighted by molar-refractivity contribution is -0.137. The first-order valence-electron chi connectivity index (χ1n) is 6.53. The number of carbonyl (C=O) groups is 2. The molecule has 1 amide bonds. The molecule has 0 atom stereocenters. The predicted octanol–water partition coefficient (Wildman–Crippen LogP) is 1.93. The van der Waals surface area contributed by atoms with Crippen molar-refractivity contribution in [2.24, 2.45) is 0 Å². The molecule has 0 aromatic rings. The van der Waals surface area contributed by atoms with E-state index in [9.17, 15) is 9.59 Å². The maximum Gasteiger partial charge on any atom is 0.408 e. The van der Waals surface area contributed by atoms with Crippen LogP contribution in [0.2, 0.25) is 0 Å². The number of alkyl carbamates (subject to hydrolysis) is 1. The zero-order chi connectivity index (χ0) is 14.5. The van der Waals surface area contributed by atoms with Crippen LogP contribution in [0.4, 0.5) is 4.79 Å². The predicted molar refractivity (Wildman–Crippen MR) is 69.0 cm³/mol. The summed E-state index contributed by atoms with van der Waals surface area (Å²) in [5.74, 6) is -0.864. The molecule has 0 aliphatic carbocycles. The SMILES string of the molecule is CC(C)(C)OC(=O)NC1(CCC(=O)O)CCOCC1. The Bertz CT molecular complexity index is 328. The average molecular weight is 273 g/mol. The Labute approximate surface area is 113 Å². The van der Waals surface area contributed by atoms with Crippen LogP contribution in [-0.4, -0.2) is 41.5 Å². The molecule has 1 saturated heterocycles. The zero-order valence-corrected chi connectivity index (χ0v) is 11.8. The number of carbonyl (C=O) groups excluding carboxylic acids is 1. The van der Waals surface area contributed by atoms with Crippen LogP contribution in [0.1, 0.15) is 46.5 Å². The van der Waals surface area contributed by atoms with E-state index in [2.05, 4.69) is 5.32 Å². The van der Waals surface area contributed by atoms with Crippen molar-refractivity contribution in [3.8, 4) is 0 Å². The van der Waals surface area contributed by atoms with Crippen molar-refractivity contribution >= 4 is 12.1 Å². The molecule has 0 saturated carbocycles. The third-order valence-corrected chi connectivity index (χ3v) is 3.03. The number of carboxylic acid groups (broad SMARTS) is 1. The van der Waals surface area contributed by atoms with E-state index in [1.807, 2.05) is 0 Å². The highest BCUT2D eigenvalue weighted by Crippen LogP contribution is 2.26. The van der Waals surface area contributed by atoms with Gasteiger partial charge in [-0.05, 0) is 40.0 Å². The van der Waals surface area contributed by atoms with Gasteiger partial charge in [-0.1, -0.05) is 0 Å². The van der Waals surface area contributed by atoms with Gasteiger partial charge in [0.25, 0.3) is 0 Å². The van der Waals surface area contributed by atoms with Crippen molar-refractivity contribution in [3.05, 3.63) is 0 Å². The summed E-state index contributed by atoms with van der Waals surface area (Å²) in [4.78, 5) is 22.6. The first-order valence-corrected chi connectivity index (χ1v) is 6.53. The average Bonchev–Trinajstić information content (AvgIpc) is 2.25. The van der Waals surface area contributed by atoms with Gasteiger partial charge in [0.15, 0.2) is 0 Å². The lowest BCUT2D eigenvalue weighted by Crippen LogP contribution is -2.53. The van der Waals surface area contributed by atoms with E-state index >= 15 is 0 Å². The molecule has 0 radical (unpaired) electrons. The summed E-state index contributed by atoms with van der Waals surface area (Å²) >= 11 is 0. The van der Waals surface area contributed by atoms with E-state index in [1.165, 1.54) is 0 Å². The number of hydrogen-bond donors (Lipinski definition) is 2. The number of ether oxygens (including phenoxy) is 2. The molecule has 6 heteroatoms. The fraction of sp³-hybridized carbons (Fsp3) is 0.846. The Morgan fingerprint density at radius 1 is 1.32 bits per heavy atom. The third kappa shape index (κ3) is 5.92. The van der Waals surface area contributed by atoms with Crippen molar-refractivity contribution < 1.29 is 24.2 Å². The van der Waals surface area contributed by atoms with E-state index in [4.69, 9.17) is 14.6 Å². The Balaban J connectivity index is 2.63. The van der Waals surface area contributed by atoms with E-state index in [1.54, 1.807) is 20.8 Å². The molecular formula is C13H23NO5. The topological polar surface area (TPSA) is 84.9 Å². The van der Waals surface area contributed by atoms with Crippen LogP contribution in [0.25, 0.3) is 0 Å². The van der Waals surface area contributed by atoms with Crippen LogP contribution >= 0.6 is 0 Å². The molecule has 2 N–H and O–H groups in total. The molecule has 0 aromatic heterocycles. The second-order valence-corrected chi connectivity index (χ2v) is 5.91. The molecule has 1 heterocycles. The standard InChI is InChI=1S/C13H23NO5/c1-12(2,3)19-11(17)14-13(5-4-10(15)16)6-8-18-9-7-13/h4-9H2,1-3H3,(H,14,17)(H,15,16). The monoisotopic (exact) mass is 273 g/mol. The lowest BCUT2D eigenvalue weighted by atomic mass is 9.85. The second kappa shape index (κ2) is 6.23. The molecule has 0 spiro atoms. The number of nitrogens with one attached hydrogen (secondary N) is 1. The van der Waals surface area contributed by atoms with Gasteiger partial charge in [-0.3, -0.25) is 4.79 Å². The highest BCUT2D eigenvalue weighted by molar-refractivity contribution is 5.70. The number of rotatable bonds is 4. The summed E-state index contributed by atoms with van der Waals surface area (Å²) in [6.07, 6.45) is 1.14. The van der Waals surface area contributed by atoms with Gasteiger partial charge in [-0.15, -0.1) is 0 Å². The zero-order valence-electron chi connectivity index (χ0n) is 11.8. The Hall–Kier alpha value is -1.30. The van der Waals surface area contributed by atoms with Gasteiger partial charge in [0, 0.05) is 25.2 Å². The van der Waals surface area contributed by atoms with Crippen molar-refractivity contribution in [1.82, 2.24) is 5.32 Å². The highest BCUT2D eigenvalue weighted by Gasteiger charge is 2.35. The van der Waals surface area contributed by atoms with Gasteiger partial charge >= 0.3 is 12.1 Å². The van der Waals surface area contributed by atoms with Crippen molar-refractivity contribution in [2.45, 2.75) is 57.6 Å². The fourth-order valence-corrected chi connectivity index (χ4v) is 2.07. The minimum Gasteiger partial charge on any atom is -0.481 e. The largest absolute Gasteiger partial charge is 0.481 e. The summed E-state index contributed by atoms with van der Waals surface area (Å²) in [6.45, 7) is 6.42. The molecule has 1 rings (SSSR count). The van der Waals surface area contributed by atoms with Crippen LogP contribution in [0.3, 0.4) is 0 Å². The van der Waals surface area contributed by atoms with Crippen LogP contribution in [0.15, 0.2) is 0 Å². The quantitative estimate of drug-likeness (QED) is 0.817. The fourth-order valence-electron chi connectivity index (χ4n) is 2.07. The van der Waals surface area contributed by atoms with Crippen LogP contribution in [-0.2, 0) is 14.3 Å². The van der Waals surface area contributed by atoms with Crippen molar-refractivity contribution in [3.63, 3.8) is 0 Å². The van der Waals surface area contributed by atoms with Crippen LogP contribution in [0, 0.1) is 0 Å². The molecular weight excluding hydrogens is 250 g/mol. The van der Waals surface area contributed by atoms with E-state index in [-0.39, 0.29) is 6.42 Å². The normalized spacial score (nSPS) is 18.7. The molecule has 0 aromatic carbocycles. The molecule has 0 bridgehead atoms. The molecule has 1 aliphatic rings. The van der Waals surface area contributed by atoms with E-state index < -0.39 is 23.2 Å². The summed E-state index contributed by atoms with van der Waals surface area (Å²) in [5.41, 5.74) is -1.10. The molecule has 6 nitrogen and oxygen atoms in total. The van der Waals surface area contributed by atoms with E-state index in [0.29, 0.717) is 32.5 Å². The van der Waals surface area contributed by atoms with Crippen LogP contribution < -0.4 is 5.32 Å². The molecule has 110 valence electrons. The van der Waals surface area contributed by atoms with Crippen LogP contribution in [0.5, 0.6) is 0 Å². The first-order chi connectivity index (χ1) is 8.72. The first kappa shape index (κ1) is 15.8. The minimum atomic E-state index is -0.864. The summed E-state index contributed by atoms with van der Waals surface area (Å²) in [6, 6.07) is 0.